The molecule has 0 aliphatic carbocycles. The minimum atomic E-state index is 0.503. The van der Waals surface area contributed by atoms with Crippen LogP contribution < -0.4 is 5.12 Å². The molecule has 0 heterocycles. The molecule has 0 aliphatic rings. The van der Waals surface area contributed by atoms with Gasteiger partial charge in [0.05, 0.1) is 11.4 Å². The molecule has 76 valence electrons. The van der Waals surface area contributed by atoms with E-state index >= 15 is 0 Å². The fourth-order valence-electron chi connectivity index (χ4n) is 1.31. The first-order valence-electron chi connectivity index (χ1n) is 4.54. The van der Waals surface area contributed by atoms with Gasteiger partial charge in [-0.05, 0) is 40.2 Å². The number of para-hydroxylation sites is 2. The lowest BCUT2D eigenvalue weighted by molar-refractivity contribution is 0.504. The number of nitrogens with zero attached hydrogens (tertiary/aromatic N) is 1. The number of halogens is 2. The van der Waals surface area contributed by atoms with Gasteiger partial charge in [0, 0.05) is 4.47 Å². The molecule has 0 unspecified atom stereocenters. The zero-order valence-electron chi connectivity index (χ0n) is 7.90. The molecule has 2 aromatic carbocycles. The Bertz CT molecular complexity index is 444. The van der Waals surface area contributed by atoms with E-state index in [0.29, 0.717) is 16.5 Å². The number of rotatable bonds is 2. The Morgan fingerprint density at radius 2 is 1.47 bits per heavy atom. The van der Waals surface area contributed by atoms with Crippen molar-refractivity contribution in [1.29, 1.82) is 0 Å². The fourth-order valence-corrected chi connectivity index (χ4v) is 1.75. The van der Waals surface area contributed by atoms with Crippen molar-refractivity contribution < 1.29 is 4.48 Å². The van der Waals surface area contributed by atoms with E-state index in [2.05, 4.69) is 15.9 Å². The standard InChI is InChI=1S/C12H9BrFN/c13-11-8-4-5-9-12(11)15(14)10-6-2-1-3-7-10/h1-9H. The summed E-state index contributed by atoms with van der Waals surface area (Å²) in [6.07, 6.45) is 0. The van der Waals surface area contributed by atoms with Crippen molar-refractivity contribution in [3.8, 4) is 0 Å². The van der Waals surface area contributed by atoms with E-state index in [1.807, 2.05) is 18.2 Å². The third-order valence-electron chi connectivity index (χ3n) is 2.05. The first-order chi connectivity index (χ1) is 7.29. The molecule has 0 N–H and O–H groups in total. The molecule has 0 aromatic heterocycles. The maximum absolute atomic E-state index is 13.9. The van der Waals surface area contributed by atoms with E-state index in [-0.39, 0.29) is 0 Å². The molecule has 2 aromatic rings. The predicted molar refractivity (Wildman–Crippen MR) is 63.8 cm³/mol. The smallest absolute Gasteiger partial charge is 0.0888 e. The first kappa shape index (κ1) is 10.2. The van der Waals surface area contributed by atoms with Crippen LogP contribution >= 0.6 is 15.9 Å². The molecule has 0 amide bonds. The van der Waals surface area contributed by atoms with Crippen molar-refractivity contribution in [1.82, 2.24) is 0 Å². The summed E-state index contributed by atoms with van der Waals surface area (Å²) in [6, 6.07) is 16.1. The van der Waals surface area contributed by atoms with Crippen LogP contribution in [0.1, 0.15) is 0 Å². The highest BCUT2D eigenvalue weighted by atomic mass is 79.9. The summed E-state index contributed by atoms with van der Waals surface area (Å²) in [4.78, 5) is 0. The van der Waals surface area contributed by atoms with E-state index in [4.69, 9.17) is 0 Å². The molecule has 1 nitrogen and oxygen atoms in total. The molecule has 0 atom stereocenters. The highest BCUT2D eigenvalue weighted by Gasteiger charge is 2.09. The summed E-state index contributed by atoms with van der Waals surface area (Å²) < 4.78 is 14.7. The number of benzene rings is 2. The van der Waals surface area contributed by atoms with Crippen LogP contribution in [0.3, 0.4) is 0 Å². The van der Waals surface area contributed by atoms with Gasteiger partial charge >= 0.3 is 0 Å². The van der Waals surface area contributed by atoms with E-state index in [1.165, 1.54) is 0 Å². The number of hydrogen-bond donors (Lipinski definition) is 0. The predicted octanol–water partition coefficient (Wildman–Crippen LogP) is 4.47. The Labute approximate surface area is 96.2 Å². The van der Waals surface area contributed by atoms with Crippen molar-refractivity contribution >= 4 is 27.3 Å². The Morgan fingerprint density at radius 3 is 2.13 bits per heavy atom. The Morgan fingerprint density at radius 1 is 0.867 bits per heavy atom. The molecule has 0 aliphatic heterocycles. The van der Waals surface area contributed by atoms with Gasteiger partial charge in [0.2, 0.25) is 0 Å². The lowest BCUT2D eigenvalue weighted by atomic mass is 10.2. The molecule has 3 heteroatoms. The summed E-state index contributed by atoms with van der Waals surface area (Å²) in [6.45, 7) is 0. The normalized spacial score (nSPS) is 10.0. The van der Waals surface area contributed by atoms with E-state index in [0.717, 1.165) is 4.47 Å². The molecule has 0 saturated heterocycles. The number of hydrogen-bond acceptors (Lipinski definition) is 1. The zero-order chi connectivity index (χ0) is 10.7. The van der Waals surface area contributed by atoms with Crippen LogP contribution in [0.15, 0.2) is 59.1 Å². The van der Waals surface area contributed by atoms with Crippen LogP contribution in [0, 0.1) is 0 Å². The zero-order valence-corrected chi connectivity index (χ0v) is 9.49. The quantitative estimate of drug-likeness (QED) is 0.725. The van der Waals surface area contributed by atoms with Gasteiger partial charge in [-0.25, -0.2) is 0 Å². The summed E-state index contributed by atoms with van der Waals surface area (Å²) in [7, 11) is 0. The van der Waals surface area contributed by atoms with Crippen molar-refractivity contribution in [2.75, 3.05) is 5.12 Å². The minimum Gasteiger partial charge on any atom is -0.179 e. The van der Waals surface area contributed by atoms with Gasteiger partial charge < -0.3 is 0 Å². The van der Waals surface area contributed by atoms with Gasteiger partial charge in [-0.2, -0.15) is 5.12 Å². The molecule has 0 saturated carbocycles. The van der Waals surface area contributed by atoms with Crippen molar-refractivity contribution in [2.24, 2.45) is 0 Å². The van der Waals surface area contributed by atoms with Crippen LogP contribution in [-0.4, -0.2) is 0 Å². The first-order valence-corrected chi connectivity index (χ1v) is 5.34. The Kier molecular flexibility index (Phi) is 3.02. The van der Waals surface area contributed by atoms with Crippen molar-refractivity contribution in [3.05, 3.63) is 59.1 Å². The third-order valence-corrected chi connectivity index (χ3v) is 2.72. The molecule has 0 radical (unpaired) electrons. The molecule has 0 fully saturated rings. The fraction of sp³-hybridized carbons (Fsp3) is 0. The molecule has 0 bridgehead atoms. The molecular formula is C12H9BrFN. The van der Waals surface area contributed by atoms with Crippen LogP contribution in [0.2, 0.25) is 0 Å². The second-order valence-electron chi connectivity index (χ2n) is 3.07. The van der Waals surface area contributed by atoms with Crippen molar-refractivity contribution in [2.45, 2.75) is 0 Å². The van der Waals surface area contributed by atoms with Gasteiger partial charge in [-0.1, -0.05) is 34.8 Å². The summed E-state index contributed by atoms with van der Waals surface area (Å²) >= 11 is 3.31. The third kappa shape index (κ3) is 2.18. The second kappa shape index (κ2) is 4.45. The summed E-state index contributed by atoms with van der Waals surface area (Å²) in [5.41, 5.74) is 1.02. The van der Waals surface area contributed by atoms with Crippen LogP contribution in [0.4, 0.5) is 15.9 Å². The van der Waals surface area contributed by atoms with Gasteiger partial charge in [0.1, 0.15) is 0 Å². The van der Waals surface area contributed by atoms with E-state index < -0.39 is 0 Å². The van der Waals surface area contributed by atoms with Crippen molar-refractivity contribution in [3.63, 3.8) is 0 Å². The topological polar surface area (TPSA) is 3.24 Å². The minimum absolute atomic E-state index is 0.503. The maximum atomic E-state index is 13.9. The van der Waals surface area contributed by atoms with Crippen LogP contribution in [-0.2, 0) is 0 Å². The average Bonchev–Trinajstić information content (AvgIpc) is 2.30. The summed E-state index contributed by atoms with van der Waals surface area (Å²) in [5, 5.41) is 0.657. The monoisotopic (exact) mass is 265 g/mol. The Hall–Kier alpha value is -1.35. The molecule has 0 spiro atoms. The SMILES string of the molecule is FN(c1ccccc1)c1ccccc1Br. The van der Waals surface area contributed by atoms with Gasteiger partial charge in [-0.3, -0.25) is 0 Å². The lowest BCUT2D eigenvalue weighted by Crippen LogP contribution is -2.03. The highest BCUT2D eigenvalue weighted by molar-refractivity contribution is 9.10. The van der Waals surface area contributed by atoms with Gasteiger partial charge in [0.15, 0.2) is 0 Å². The molecular weight excluding hydrogens is 257 g/mol. The highest BCUT2D eigenvalue weighted by Crippen LogP contribution is 2.31. The lowest BCUT2D eigenvalue weighted by Gasteiger charge is -2.14. The van der Waals surface area contributed by atoms with Crippen LogP contribution in [0.5, 0.6) is 0 Å². The largest absolute Gasteiger partial charge is 0.179 e. The average molecular weight is 266 g/mol. The molecule has 15 heavy (non-hydrogen) atoms. The van der Waals surface area contributed by atoms with E-state index in [9.17, 15) is 4.48 Å². The number of anilines is 2. The summed E-state index contributed by atoms with van der Waals surface area (Å²) in [5.74, 6) is 0. The Balaban J connectivity index is 2.37. The van der Waals surface area contributed by atoms with E-state index in [1.54, 1.807) is 36.4 Å². The van der Waals surface area contributed by atoms with Gasteiger partial charge in [-0.15, -0.1) is 0 Å². The maximum Gasteiger partial charge on any atom is 0.0888 e. The van der Waals surface area contributed by atoms with Crippen LogP contribution in [0.25, 0.3) is 0 Å². The second-order valence-corrected chi connectivity index (χ2v) is 3.92. The molecule has 2 rings (SSSR count). The van der Waals surface area contributed by atoms with Gasteiger partial charge in [0.25, 0.3) is 0 Å².